The highest BCUT2D eigenvalue weighted by Gasteiger charge is 2.26. The van der Waals surface area contributed by atoms with Crippen molar-refractivity contribution in [2.75, 3.05) is 25.0 Å². The molecule has 0 aliphatic carbocycles. The van der Waals surface area contributed by atoms with Crippen LogP contribution in [0.25, 0.3) is 10.9 Å². The first-order valence-corrected chi connectivity index (χ1v) is 11.1. The summed E-state index contributed by atoms with van der Waals surface area (Å²) < 4.78 is 8.18. The number of carbonyl (C=O) groups is 1. The zero-order chi connectivity index (χ0) is 22.6. The molecule has 1 atom stereocenters. The van der Waals surface area contributed by atoms with Crippen molar-refractivity contribution in [1.29, 1.82) is 0 Å². The van der Waals surface area contributed by atoms with Crippen LogP contribution >= 0.6 is 0 Å². The largest absolute Gasteiger partial charge is 0.368 e. The van der Waals surface area contributed by atoms with Crippen molar-refractivity contribution in [3.63, 3.8) is 0 Å². The summed E-state index contributed by atoms with van der Waals surface area (Å²) in [5.74, 6) is 1.42. The Morgan fingerprint density at radius 1 is 1.15 bits per heavy atom. The Morgan fingerprint density at radius 2 is 2.06 bits per heavy atom. The van der Waals surface area contributed by atoms with E-state index in [1.54, 1.807) is 18.6 Å². The predicted molar refractivity (Wildman–Crippen MR) is 126 cm³/mol. The molecule has 1 aliphatic rings. The van der Waals surface area contributed by atoms with Gasteiger partial charge < -0.3 is 19.5 Å². The van der Waals surface area contributed by atoms with E-state index >= 15 is 0 Å². The Bertz CT molecular complexity index is 1260. The number of para-hydroxylation sites is 1. The Hall–Kier alpha value is -3.78. The molecule has 1 saturated heterocycles. The number of aryl methyl sites for hydroxylation is 2. The van der Waals surface area contributed by atoms with Crippen molar-refractivity contribution in [2.24, 2.45) is 0 Å². The monoisotopic (exact) mass is 442 g/mol. The topological polar surface area (TPSA) is 85.2 Å². The summed E-state index contributed by atoms with van der Waals surface area (Å²) >= 11 is 0. The summed E-state index contributed by atoms with van der Waals surface area (Å²) in [7, 11) is 0. The van der Waals surface area contributed by atoms with E-state index in [4.69, 9.17) is 4.74 Å². The normalized spacial score (nSPS) is 16.2. The molecule has 0 saturated carbocycles. The molecular formula is C25H26N6O2. The van der Waals surface area contributed by atoms with Crippen LogP contribution in [-0.2, 0) is 16.1 Å². The van der Waals surface area contributed by atoms with Gasteiger partial charge >= 0.3 is 0 Å². The van der Waals surface area contributed by atoms with Gasteiger partial charge in [-0.05, 0) is 36.6 Å². The Kier molecular flexibility index (Phi) is 5.99. The number of hydrogen-bond acceptors (Lipinski definition) is 6. The van der Waals surface area contributed by atoms with E-state index in [0.717, 1.165) is 5.69 Å². The number of morpholine rings is 1. The molecule has 1 unspecified atom stereocenters. The van der Waals surface area contributed by atoms with Crippen LogP contribution in [0.5, 0.6) is 0 Å². The van der Waals surface area contributed by atoms with E-state index in [0.29, 0.717) is 44.3 Å². The molecule has 1 aliphatic heterocycles. The SMILES string of the molecule is Cc1cc2ccccc2n1CCC(=O)N1CCOC(c2cccc(Nc3cnccn3)n2)C1. The average molecular weight is 443 g/mol. The van der Waals surface area contributed by atoms with Crippen LogP contribution in [-0.4, -0.2) is 50.0 Å². The molecule has 1 fully saturated rings. The zero-order valence-corrected chi connectivity index (χ0v) is 18.5. The van der Waals surface area contributed by atoms with Crippen molar-refractivity contribution in [3.05, 3.63) is 78.5 Å². The van der Waals surface area contributed by atoms with Gasteiger partial charge in [-0.1, -0.05) is 24.3 Å². The number of rotatable bonds is 6. The van der Waals surface area contributed by atoms with E-state index < -0.39 is 0 Å². The number of benzene rings is 1. The maximum Gasteiger partial charge on any atom is 0.224 e. The second-order valence-electron chi connectivity index (χ2n) is 8.11. The van der Waals surface area contributed by atoms with Crippen LogP contribution in [0.3, 0.4) is 0 Å². The fraction of sp³-hybridized carbons (Fsp3) is 0.280. The third-order valence-electron chi connectivity index (χ3n) is 5.91. The maximum atomic E-state index is 13.0. The second kappa shape index (κ2) is 9.38. The van der Waals surface area contributed by atoms with Gasteiger partial charge in [-0.2, -0.15) is 0 Å². The number of aromatic nitrogens is 4. The molecule has 0 bridgehead atoms. The highest BCUT2D eigenvalue weighted by atomic mass is 16.5. The quantitative estimate of drug-likeness (QED) is 0.488. The average Bonchev–Trinajstić information content (AvgIpc) is 3.18. The van der Waals surface area contributed by atoms with Crippen LogP contribution in [0, 0.1) is 6.92 Å². The number of pyridine rings is 1. The lowest BCUT2D eigenvalue weighted by atomic mass is 10.1. The maximum absolute atomic E-state index is 13.0. The molecule has 0 spiro atoms. The summed E-state index contributed by atoms with van der Waals surface area (Å²) in [6, 6.07) is 16.2. The standard InChI is InChI=1S/C25H26N6O2/c1-18-15-19-5-2-3-7-21(19)31(18)12-9-25(32)30-13-14-33-22(17-30)20-6-4-8-23(28-20)29-24-16-26-10-11-27-24/h2-8,10-11,15-16,22H,9,12-14,17H2,1H3,(H,27,28,29). The molecule has 3 aromatic heterocycles. The lowest BCUT2D eigenvalue weighted by Gasteiger charge is -2.33. The number of carbonyl (C=O) groups excluding carboxylic acids is 1. The predicted octanol–water partition coefficient (Wildman–Crippen LogP) is 3.87. The zero-order valence-electron chi connectivity index (χ0n) is 18.5. The van der Waals surface area contributed by atoms with Gasteiger partial charge in [0.1, 0.15) is 17.7 Å². The number of anilines is 2. The van der Waals surface area contributed by atoms with Gasteiger partial charge in [0, 0.05) is 43.1 Å². The van der Waals surface area contributed by atoms with Crippen LogP contribution in [0.15, 0.2) is 67.1 Å². The van der Waals surface area contributed by atoms with E-state index in [1.807, 2.05) is 35.2 Å². The lowest BCUT2D eigenvalue weighted by molar-refractivity contribution is -0.139. The number of ether oxygens (including phenoxy) is 1. The number of hydrogen-bond donors (Lipinski definition) is 1. The molecule has 33 heavy (non-hydrogen) atoms. The van der Waals surface area contributed by atoms with E-state index in [9.17, 15) is 4.79 Å². The second-order valence-corrected chi connectivity index (χ2v) is 8.11. The minimum Gasteiger partial charge on any atom is -0.368 e. The fourth-order valence-electron chi connectivity index (χ4n) is 4.26. The molecule has 4 heterocycles. The minimum atomic E-state index is -0.263. The van der Waals surface area contributed by atoms with Gasteiger partial charge in [0.2, 0.25) is 5.91 Å². The highest BCUT2D eigenvalue weighted by molar-refractivity contribution is 5.82. The van der Waals surface area contributed by atoms with Crippen LogP contribution < -0.4 is 5.32 Å². The van der Waals surface area contributed by atoms with Crippen molar-refractivity contribution >= 4 is 28.4 Å². The third-order valence-corrected chi connectivity index (χ3v) is 5.91. The van der Waals surface area contributed by atoms with Crippen molar-refractivity contribution in [1.82, 2.24) is 24.4 Å². The first-order chi connectivity index (χ1) is 16.2. The van der Waals surface area contributed by atoms with E-state index in [1.165, 1.54) is 16.6 Å². The number of amides is 1. The third kappa shape index (κ3) is 4.70. The van der Waals surface area contributed by atoms with Gasteiger partial charge in [-0.15, -0.1) is 0 Å². The summed E-state index contributed by atoms with van der Waals surface area (Å²) in [6.45, 7) is 4.33. The number of nitrogens with one attached hydrogen (secondary N) is 1. The Balaban J connectivity index is 1.24. The first kappa shape index (κ1) is 21.1. The number of nitrogens with zero attached hydrogens (tertiary/aromatic N) is 5. The van der Waals surface area contributed by atoms with Gasteiger partial charge in [-0.3, -0.25) is 9.78 Å². The molecule has 8 heteroatoms. The van der Waals surface area contributed by atoms with E-state index in [-0.39, 0.29) is 12.0 Å². The molecule has 5 rings (SSSR count). The van der Waals surface area contributed by atoms with Crippen molar-refractivity contribution < 1.29 is 9.53 Å². The van der Waals surface area contributed by atoms with Crippen molar-refractivity contribution in [3.8, 4) is 0 Å². The summed E-state index contributed by atoms with van der Waals surface area (Å²) in [4.78, 5) is 27.9. The van der Waals surface area contributed by atoms with E-state index in [2.05, 4.69) is 50.0 Å². The fourth-order valence-corrected chi connectivity index (χ4v) is 4.26. The molecule has 1 aromatic carbocycles. The molecule has 168 valence electrons. The van der Waals surface area contributed by atoms with Gasteiger partial charge in [0.05, 0.1) is 25.0 Å². The molecule has 4 aromatic rings. The molecule has 8 nitrogen and oxygen atoms in total. The van der Waals surface area contributed by atoms with Crippen LogP contribution in [0.1, 0.15) is 23.9 Å². The highest BCUT2D eigenvalue weighted by Crippen LogP contribution is 2.24. The van der Waals surface area contributed by atoms with Crippen molar-refractivity contribution in [2.45, 2.75) is 26.0 Å². The molecule has 0 radical (unpaired) electrons. The first-order valence-electron chi connectivity index (χ1n) is 11.1. The molecule has 1 N–H and O–H groups in total. The van der Waals surface area contributed by atoms with Crippen LogP contribution in [0.4, 0.5) is 11.6 Å². The van der Waals surface area contributed by atoms with Gasteiger partial charge in [0.25, 0.3) is 0 Å². The van der Waals surface area contributed by atoms with Gasteiger partial charge in [0.15, 0.2) is 0 Å². The molecular weight excluding hydrogens is 416 g/mol. The Morgan fingerprint density at radius 3 is 2.94 bits per heavy atom. The summed E-state index contributed by atoms with van der Waals surface area (Å²) in [5.41, 5.74) is 3.12. The van der Waals surface area contributed by atoms with Gasteiger partial charge in [-0.25, -0.2) is 9.97 Å². The smallest absolute Gasteiger partial charge is 0.224 e. The lowest BCUT2D eigenvalue weighted by Crippen LogP contribution is -2.42. The molecule has 1 amide bonds. The number of fused-ring (bicyclic) bond motifs is 1. The van der Waals surface area contributed by atoms with Crippen LogP contribution in [0.2, 0.25) is 0 Å². The summed E-state index contributed by atoms with van der Waals surface area (Å²) in [5, 5.41) is 4.35. The Labute approximate surface area is 192 Å². The summed E-state index contributed by atoms with van der Waals surface area (Å²) in [6.07, 6.45) is 5.07. The minimum absolute atomic E-state index is 0.134.